The van der Waals surface area contributed by atoms with Crippen LogP contribution in [0.4, 0.5) is 5.00 Å². The molecule has 1 aliphatic heterocycles. The van der Waals surface area contributed by atoms with Gasteiger partial charge in [0.15, 0.2) is 5.96 Å². The number of hydrogen-bond acceptors (Lipinski definition) is 3. The molecular weight excluding hydrogens is 268 g/mol. The van der Waals surface area contributed by atoms with Crippen LogP contribution in [0.1, 0.15) is 20.3 Å². The Morgan fingerprint density at radius 2 is 2.10 bits per heavy atom. The van der Waals surface area contributed by atoms with E-state index in [9.17, 15) is 0 Å². The molecule has 2 heterocycles. The molecule has 1 N–H and O–H groups in total. The molecule has 20 heavy (non-hydrogen) atoms. The van der Waals surface area contributed by atoms with Crippen molar-refractivity contribution >= 4 is 22.3 Å². The highest BCUT2D eigenvalue weighted by molar-refractivity contribution is 7.14. The predicted octanol–water partition coefficient (Wildman–Crippen LogP) is 2.49. The van der Waals surface area contributed by atoms with Crippen LogP contribution >= 0.6 is 11.3 Å². The Hall–Kier alpha value is -1.23. The monoisotopic (exact) mass is 294 g/mol. The van der Waals surface area contributed by atoms with Gasteiger partial charge in [-0.15, -0.1) is 11.3 Å². The Kier molecular flexibility index (Phi) is 5.71. The molecular formula is C15H26N4S. The second-order valence-electron chi connectivity index (χ2n) is 5.58. The summed E-state index contributed by atoms with van der Waals surface area (Å²) in [5, 5.41) is 7.01. The zero-order valence-corrected chi connectivity index (χ0v) is 13.6. The summed E-state index contributed by atoms with van der Waals surface area (Å²) in [5.41, 5.74) is 0. The van der Waals surface area contributed by atoms with E-state index < -0.39 is 0 Å². The number of rotatable bonds is 4. The van der Waals surface area contributed by atoms with Crippen molar-refractivity contribution in [2.45, 2.75) is 20.3 Å². The van der Waals surface area contributed by atoms with Gasteiger partial charge in [-0.2, -0.15) is 0 Å². The summed E-state index contributed by atoms with van der Waals surface area (Å²) in [6.45, 7) is 9.75. The van der Waals surface area contributed by atoms with E-state index in [0.29, 0.717) is 0 Å². The second-order valence-corrected chi connectivity index (χ2v) is 6.51. The number of hydrogen-bond donors (Lipinski definition) is 1. The quantitative estimate of drug-likeness (QED) is 0.684. The molecule has 2 rings (SSSR count). The van der Waals surface area contributed by atoms with Crippen molar-refractivity contribution < 1.29 is 0 Å². The molecule has 112 valence electrons. The van der Waals surface area contributed by atoms with Crippen LogP contribution in [0.15, 0.2) is 22.5 Å². The lowest BCUT2D eigenvalue weighted by Gasteiger charge is -2.37. The molecule has 0 aliphatic carbocycles. The van der Waals surface area contributed by atoms with E-state index in [1.54, 1.807) is 0 Å². The van der Waals surface area contributed by atoms with Crippen LogP contribution in [0.25, 0.3) is 0 Å². The lowest BCUT2D eigenvalue weighted by atomic mass is 10.1. The molecule has 1 aliphatic rings. The van der Waals surface area contributed by atoms with Gasteiger partial charge in [-0.05, 0) is 29.9 Å². The Labute approximate surface area is 126 Å². The highest BCUT2D eigenvalue weighted by Gasteiger charge is 2.19. The van der Waals surface area contributed by atoms with Crippen LogP contribution in [0.2, 0.25) is 0 Å². The smallest absolute Gasteiger partial charge is 0.193 e. The summed E-state index contributed by atoms with van der Waals surface area (Å²) in [5.74, 6) is 1.78. The Morgan fingerprint density at radius 1 is 1.35 bits per heavy atom. The number of aliphatic imine (C=N–C) groups is 1. The van der Waals surface area contributed by atoms with Gasteiger partial charge < -0.3 is 15.1 Å². The molecule has 0 aromatic carbocycles. The van der Waals surface area contributed by atoms with Gasteiger partial charge in [-0.1, -0.05) is 13.8 Å². The third-order valence-corrected chi connectivity index (χ3v) is 4.54. The summed E-state index contributed by atoms with van der Waals surface area (Å²) in [6.07, 6.45) is 1.19. The van der Waals surface area contributed by atoms with E-state index in [-0.39, 0.29) is 0 Å². The van der Waals surface area contributed by atoms with Crippen molar-refractivity contribution in [2.24, 2.45) is 10.9 Å². The van der Waals surface area contributed by atoms with Gasteiger partial charge in [-0.25, -0.2) is 0 Å². The SMILES string of the molecule is CN=C(NCCC(C)C)N1CCN(c2cccs2)CC1. The lowest BCUT2D eigenvalue weighted by molar-refractivity contribution is 0.372. The van der Waals surface area contributed by atoms with E-state index in [1.165, 1.54) is 11.4 Å². The fourth-order valence-corrected chi connectivity index (χ4v) is 3.18. The number of thiophene rings is 1. The van der Waals surface area contributed by atoms with Crippen LogP contribution in [0.3, 0.4) is 0 Å². The number of nitrogens with zero attached hydrogens (tertiary/aromatic N) is 3. The molecule has 1 fully saturated rings. The fraction of sp³-hybridized carbons (Fsp3) is 0.667. The van der Waals surface area contributed by atoms with Gasteiger partial charge in [0, 0.05) is 39.8 Å². The Morgan fingerprint density at radius 3 is 2.65 bits per heavy atom. The molecule has 5 heteroatoms. The number of piperazine rings is 1. The van der Waals surface area contributed by atoms with Gasteiger partial charge in [0.2, 0.25) is 0 Å². The maximum Gasteiger partial charge on any atom is 0.193 e. The summed E-state index contributed by atoms with van der Waals surface area (Å²) < 4.78 is 0. The van der Waals surface area contributed by atoms with Crippen molar-refractivity contribution in [3.63, 3.8) is 0 Å². The van der Waals surface area contributed by atoms with E-state index in [4.69, 9.17) is 0 Å². The van der Waals surface area contributed by atoms with E-state index in [2.05, 4.69) is 51.5 Å². The average molecular weight is 294 g/mol. The van der Waals surface area contributed by atoms with E-state index >= 15 is 0 Å². The normalized spacial score (nSPS) is 16.9. The maximum atomic E-state index is 4.41. The molecule has 1 aromatic heterocycles. The number of guanidine groups is 1. The first-order valence-corrected chi connectivity index (χ1v) is 8.32. The van der Waals surface area contributed by atoms with Gasteiger partial charge >= 0.3 is 0 Å². The highest BCUT2D eigenvalue weighted by Crippen LogP contribution is 2.22. The second kappa shape index (κ2) is 7.53. The van der Waals surface area contributed by atoms with Crippen molar-refractivity contribution in [1.29, 1.82) is 0 Å². The zero-order valence-electron chi connectivity index (χ0n) is 12.8. The minimum absolute atomic E-state index is 0.733. The fourth-order valence-electron chi connectivity index (χ4n) is 2.39. The third kappa shape index (κ3) is 4.13. The van der Waals surface area contributed by atoms with Crippen LogP contribution in [0, 0.1) is 5.92 Å². The van der Waals surface area contributed by atoms with Crippen LogP contribution < -0.4 is 10.2 Å². The molecule has 0 saturated carbocycles. The third-order valence-electron chi connectivity index (χ3n) is 3.61. The van der Waals surface area contributed by atoms with E-state index in [0.717, 1.165) is 44.6 Å². The molecule has 0 spiro atoms. The molecule has 0 amide bonds. The summed E-state index contributed by atoms with van der Waals surface area (Å²) in [7, 11) is 1.88. The largest absolute Gasteiger partial charge is 0.360 e. The maximum absolute atomic E-state index is 4.41. The minimum Gasteiger partial charge on any atom is -0.360 e. The van der Waals surface area contributed by atoms with Crippen LogP contribution in [0.5, 0.6) is 0 Å². The first-order chi connectivity index (χ1) is 9.70. The number of nitrogens with one attached hydrogen (secondary N) is 1. The highest BCUT2D eigenvalue weighted by atomic mass is 32.1. The molecule has 1 saturated heterocycles. The number of anilines is 1. The predicted molar refractivity (Wildman–Crippen MR) is 88.9 cm³/mol. The van der Waals surface area contributed by atoms with Gasteiger partial charge in [0.1, 0.15) is 0 Å². The summed E-state index contributed by atoms with van der Waals surface area (Å²) in [4.78, 5) is 9.24. The topological polar surface area (TPSA) is 30.9 Å². The van der Waals surface area contributed by atoms with Gasteiger partial charge in [0.25, 0.3) is 0 Å². The first kappa shape index (κ1) is 15.2. The molecule has 0 unspecified atom stereocenters. The lowest BCUT2D eigenvalue weighted by Crippen LogP contribution is -2.52. The van der Waals surface area contributed by atoms with Crippen LogP contribution in [-0.4, -0.2) is 50.6 Å². The van der Waals surface area contributed by atoms with Crippen molar-refractivity contribution in [1.82, 2.24) is 10.2 Å². The molecule has 1 aromatic rings. The molecule has 4 nitrogen and oxygen atoms in total. The Balaban J connectivity index is 1.79. The summed E-state index contributed by atoms with van der Waals surface area (Å²) in [6, 6.07) is 4.33. The van der Waals surface area contributed by atoms with Crippen molar-refractivity contribution in [3.8, 4) is 0 Å². The zero-order chi connectivity index (χ0) is 14.4. The van der Waals surface area contributed by atoms with Crippen molar-refractivity contribution in [3.05, 3.63) is 17.5 Å². The molecule has 0 radical (unpaired) electrons. The van der Waals surface area contributed by atoms with Crippen LogP contribution in [-0.2, 0) is 0 Å². The Bertz CT molecular complexity index is 406. The standard InChI is InChI=1S/C15H26N4S/c1-13(2)6-7-17-15(16-3)19-10-8-18(9-11-19)14-5-4-12-20-14/h4-5,12-13H,6-11H2,1-3H3,(H,16,17). The van der Waals surface area contributed by atoms with Crippen molar-refractivity contribution in [2.75, 3.05) is 44.7 Å². The first-order valence-electron chi connectivity index (χ1n) is 7.44. The van der Waals surface area contributed by atoms with E-state index in [1.807, 2.05) is 18.4 Å². The summed E-state index contributed by atoms with van der Waals surface area (Å²) >= 11 is 1.82. The van der Waals surface area contributed by atoms with Gasteiger partial charge in [-0.3, -0.25) is 4.99 Å². The molecule has 0 bridgehead atoms. The average Bonchev–Trinajstić information content (AvgIpc) is 2.98. The molecule has 0 atom stereocenters. The minimum atomic E-state index is 0.733. The van der Waals surface area contributed by atoms with Gasteiger partial charge in [0.05, 0.1) is 5.00 Å².